The molecule has 1 heterocycles. The Morgan fingerprint density at radius 1 is 1.31 bits per heavy atom. The summed E-state index contributed by atoms with van der Waals surface area (Å²) in [4.78, 5) is 14.9. The summed E-state index contributed by atoms with van der Waals surface area (Å²) in [6, 6.07) is 0.839. The van der Waals surface area contributed by atoms with Crippen LogP contribution in [0.15, 0.2) is 10.9 Å². The van der Waals surface area contributed by atoms with E-state index in [0.29, 0.717) is 0 Å². The van der Waals surface area contributed by atoms with Gasteiger partial charge in [0.15, 0.2) is 17.4 Å². The molecule has 0 spiro atoms. The van der Waals surface area contributed by atoms with Crippen molar-refractivity contribution < 1.29 is 13.9 Å². The molecule has 0 fully saturated rings. The van der Waals surface area contributed by atoms with Gasteiger partial charge in [-0.05, 0) is 0 Å². The lowest BCUT2D eigenvalue weighted by atomic mass is 10.3. The minimum Gasteiger partial charge on any atom is -0.503 e. The largest absolute Gasteiger partial charge is 0.503 e. The Bertz CT molecular complexity index is 529. The Labute approximate surface area is 69.8 Å². The Hall–Kier alpha value is -1.85. The van der Waals surface area contributed by atoms with Crippen LogP contribution in [0, 0.1) is 11.6 Å². The summed E-state index contributed by atoms with van der Waals surface area (Å²) in [5, 5.41) is 8.83. The van der Waals surface area contributed by atoms with Crippen LogP contribution < -0.4 is 5.69 Å². The molecule has 0 saturated heterocycles. The van der Waals surface area contributed by atoms with Crippen molar-refractivity contribution in [1.29, 1.82) is 0 Å². The van der Waals surface area contributed by atoms with Crippen LogP contribution in [0.5, 0.6) is 5.75 Å². The number of hydrogen-bond donors (Lipinski definition) is 3. The number of aromatic hydroxyl groups is 1. The SMILES string of the molecule is O=c1[nH]c2cc(F)c(O)c(F)c2[nH]1. The van der Waals surface area contributed by atoms with Crippen molar-refractivity contribution in [3.63, 3.8) is 0 Å². The van der Waals surface area contributed by atoms with Crippen LogP contribution in [-0.2, 0) is 0 Å². The molecule has 0 saturated carbocycles. The molecule has 68 valence electrons. The topological polar surface area (TPSA) is 68.9 Å². The second-order valence-corrected chi connectivity index (χ2v) is 2.52. The fourth-order valence-electron chi connectivity index (χ4n) is 1.10. The van der Waals surface area contributed by atoms with Crippen LogP contribution in [0.3, 0.4) is 0 Å². The predicted molar refractivity (Wildman–Crippen MR) is 40.5 cm³/mol. The Morgan fingerprint density at radius 2 is 2.00 bits per heavy atom. The summed E-state index contributed by atoms with van der Waals surface area (Å²) < 4.78 is 25.7. The molecule has 13 heavy (non-hydrogen) atoms. The third-order valence-corrected chi connectivity index (χ3v) is 1.68. The van der Waals surface area contributed by atoms with Crippen molar-refractivity contribution in [2.45, 2.75) is 0 Å². The molecule has 0 aliphatic rings. The van der Waals surface area contributed by atoms with Gasteiger partial charge in [-0.25, -0.2) is 13.6 Å². The van der Waals surface area contributed by atoms with Crippen molar-refractivity contribution in [2.75, 3.05) is 0 Å². The highest BCUT2D eigenvalue weighted by molar-refractivity contribution is 5.77. The Kier molecular flexibility index (Phi) is 1.39. The molecule has 2 rings (SSSR count). The van der Waals surface area contributed by atoms with Gasteiger partial charge in [0.25, 0.3) is 0 Å². The maximum atomic E-state index is 13.0. The lowest BCUT2D eigenvalue weighted by molar-refractivity contribution is 0.399. The van der Waals surface area contributed by atoms with E-state index in [0.717, 1.165) is 6.07 Å². The van der Waals surface area contributed by atoms with Gasteiger partial charge < -0.3 is 15.1 Å². The van der Waals surface area contributed by atoms with Gasteiger partial charge in [-0.1, -0.05) is 0 Å². The van der Waals surface area contributed by atoms with Gasteiger partial charge in [0, 0.05) is 6.07 Å². The van der Waals surface area contributed by atoms with Crippen LogP contribution >= 0.6 is 0 Å². The summed E-state index contributed by atoms with van der Waals surface area (Å²) in [6.07, 6.45) is 0. The molecule has 6 heteroatoms. The highest BCUT2D eigenvalue weighted by Gasteiger charge is 2.14. The van der Waals surface area contributed by atoms with Crippen LogP contribution in [0.4, 0.5) is 8.78 Å². The maximum Gasteiger partial charge on any atom is 0.323 e. The standard InChI is InChI=1S/C7H4F2N2O2/c8-2-1-3-5(4(9)6(2)12)11-7(13)10-3/h1,12H,(H2,10,11,13). The number of aromatic nitrogens is 2. The zero-order valence-electron chi connectivity index (χ0n) is 6.19. The average molecular weight is 186 g/mol. The van der Waals surface area contributed by atoms with E-state index in [1.165, 1.54) is 0 Å². The van der Waals surface area contributed by atoms with E-state index in [-0.39, 0.29) is 11.0 Å². The molecule has 0 aliphatic heterocycles. The first-order chi connectivity index (χ1) is 6.09. The predicted octanol–water partition coefficient (Wildman–Crippen LogP) is 0.840. The number of phenolic OH excluding ortho intramolecular Hbond substituents is 1. The summed E-state index contributed by atoms with van der Waals surface area (Å²) in [5.41, 5.74) is -0.902. The minimum absolute atomic E-state index is 0.0159. The Balaban J connectivity index is 3.00. The number of imidazole rings is 1. The number of benzene rings is 1. The van der Waals surface area contributed by atoms with Gasteiger partial charge in [-0.15, -0.1) is 0 Å². The molecule has 0 radical (unpaired) electrons. The average Bonchev–Trinajstić information content (AvgIpc) is 2.42. The minimum atomic E-state index is -1.17. The normalized spacial score (nSPS) is 10.9. The van der Waals surface area contributed by atoms with E-state index in [2.05, 4.69) is 9.97 Å². The molecule has 4 nitrogen and oxygen atoms in total. The highest BCUT2D eigenvalue weighted by Crippen LogP contribution is 2.25. The van der Waals surface area contributed by atoms with Gasteiger partial charge in [0.2, 0.25) is 0 Å². The first kappa shape index (κ1) is 7.78. The van der Waals surface area contributed by atoms with E-state index in [9.17, 15) is 13.6 Å². The molecule has 0 atom stereocenters. The summed E-state index contributed by atoms with van der Waals surface area (Å²) in [6.45, 7) is 0. The van der Waals surface area contributed by atoms with Crippen molar-refractivity contribution in [1.82, 2.24) is 9.97 Å². The molecule has 3 N–H and O–H groups in total. The van der Waals surface area contributed by atoms with E-state index >= 15 is 0 Å². The van der Waals surface area contributed by atoms with Crippen LogP contribution in [0.1, 0.15) is 0 Å². The number of aromatic amines is 2. The lowest BCUT2D eigenvalue weighted by Crippen LogP contribution is -1.99. The second-order valence-electron chi connectivity index (χ2n) is 2.52. The summed E-state index contributed by atoms with van der Waals surface area (Å²) >= 11 is 0. The third-order valence-electron chi connectivity index (χ3n) is 1.68. The van der Waals surface area contributed by atoms with E-state index in [1.807, 2.05) is 0 Å². The van der Waals surface area contributed by atoms with Gasteiger partial charge in [0.05, 0.1) is 5.52 Å². The van der Waals surface area contributed by atoms with Crippen molar-refractivity contribution >= 4 is 11.0 Å². The number of halogens is 2. The number of phenols is 1. The molecule has 0 unspecified atom stereocenters. The maximum absolute atomic E-state index is 13.0. The first-order valence-electron chi connectivity index (χ1n) is 3.38. The van der Waals surface area contributed by atoms with Crippen molar-refractivity contribution in [2.24, 2.45) is 0 Å². The van der Waals surface area contributed by atoms with E-state index in [1.54, 1.807) is 0 Å². The molecular formula is C7H4F2N2O2. The molecule has 0 aliphatic carbocycles. The van der Waals surface area contributed by atoms with Gasteiger partial charge in [-0.3, -0.25) is 0 Å². The fourth-order valence-corrected chi connectivity index (χ4v) is 1.10. The quantitative estimate of drug-likeness (QED) is 0.570. The zero-order valence-corrected chi connectivity index (χ0v) is 6.19. The van der Waals surface area contributed by atoms with Gasteiger partial charge in [-0.2, -0.15) is 0 Å². The third kappa shape index (κ3) is 0.986. The molecule has 1 aromatic heterocycles. The van der Waals surface area contributed by atoms with Crippen molar-refractivity contribution in [3.05, 3.63) is 28.2 Å². The zero-order chi connectivity index (χ0) is 9.59. The lowest BCUT2D eigenvalue weighted by Gasteiger charge is -1.96. The number of H-pyrrole nitrogens is 2. The summed E-state index contributed by atoms with van der Waals surface area (Å²) in [5.74, 6) is -3.38. The fraction of sp³-hybridized carbons (Fsp3) is 0. The van der Waals surface area contributed by atoms with E-state index in [4.69, 9.17) is 5.11 Å². The number of fused-ring (bicyclic) bond motifs is 1. The highest BCUT2D eigenvalue weighted by atomic mass is 19.1. The van der Waals surface area contributed by atoms with Crippen LogP contribution in [-0.4, -0.2) is 15.1 Å². The summed E-state index contributed by atoms with van der Waals surface area (Å²) in [7, 11) is 0. The molecular weight excluding hydrogens is 182 g/mol. The van der Waals surface area contributed by atoms with Gasteiger partial charge in [0.1, 0.15) is 5.52 Å². The monoisotopic (exact) mass is 186 g/mol. The number of hydrogen-bond acceptors (Lipinski definition) is 2. The number of nitrogens with one attached hydrogen (secondary N) is 2. The van der Waals surface area contributed by atoms with Gasteiger partial charge >= 0.3 is 5.69 Å². The van der Waals surface area contributed by atoms with E-state index < -0.39 is 23.1 Å². The van der Waals surface area contributed by atoms with Crippen LogP contribution in [0.2, 0.25) is 0 Å². The smallest absolute Gasteiger partial charge is 0.323 e. The van der Waals surface area contributed by atoms with Crippen LogP contribution in [0.25, 0.3) is 11.0 Å². The first-order valence-corrected chi connectivity index (χ1v) is 3.38. The molecule has 2 aromatic rings. The van der Waals surface area contributed by atoms with Crippen molar-refractivity contribution in [3.8, 4) is 5.75 Å². The molecule has 0 bridgehead atoms. The Morgan fingerprint density at radius 3 is 2.69 bits per heavy atom. The molecule has 0 amide bonds. The molecule has 1 aromatic carbocycles. The number of rotatable bonds is 0. The second kappa shape index (κ2) is 2.32.